The summed E-state index contributed by atoms with van der Waals surface area (Å²) in [6.07, 6.45) is 0. The summed E-state index contributed by atoms with van der Waals surface area (Å²) in [6.45, 7) is 6.12. The molecule has 0 fully saturated rings. The van der Waals surface area contributed by atoms with Crippen molar-refractivity contribution in [3.63, 3.8) is 0 Å². The Labute approximate surface area is 134 Å². The Morgan fingerprint density at radius 1 is 0.913 bits per heavy atom. The van der Waals surface area contributed by atoms with Crippen LogP contribution in [-0.2, 0) is 0 Å². The summed E-state index contributed by atoms with van der Waals surface area (Å²) < 4.78 is 0. The third-order valence-corrected chi connectivity index (χ3v) is 3.20. The summed E-state index contributed by atoms with van der Waals surface area (Å²) >= 11 is 0. The third kappa shape index (κ3) is 5.14. The summed E-state index contributed by atoms with van der Waals surface area (Å²) in [6, 6.07) is 11.3. The predicted octanol–water partition coefficient (Wildman–Crippen LogP) is 3.91. The standard InChI is InChI=1S/C10H14O.C8H6O4/c1-7(2)9-5-4-8(3)6-10(9)11;9-7(10)5-3-1-2-4-6(5)8(11)12/h4-7,11H,1-3H3;1-4H,(H,9,10)(H,11,12). The molecule has 0 aliphatic carbocycles. The van der Waals surface area contributed by atoms with E-state index in [1.54, 1.807) is 6.07 Å². The van der Waals surface area contributed by atoms with Crippen molar-refractivity contribution >= 4 is 11.9 Å². The van der Waals surface area contributed by atoms with Crippen LogP contribution in [-0.4, -0.2) is 27.3 Å². The molecule has 5 heteroatoms. The van der Waals surface area contributed by atoms with Crippen LogP contribution in [0.2, 0.25) is 0 Å². The third-order valence-electron chi connectivity index (χ3n) is 3.20. The first-order chi connectivity index (χ1) is 10.7. The molecular formula is C18H20O5. The van der Waals surface area contributed by atoms with Crippen molar-refractivity contribution in [1.29, 1.82) is 0 Å². The topological polar surface area (TPSA) is 94.8 Å². The fourth-order valence-electron chi connectivity index (χ4n) is 2.00. The van der Waals surface area contributed by atoms with E-state index in [0.29, 0.717) is 11.7 Å². The van der Waals surface area contributed by atoms with E-state index in [9.17, 15) is 14.7 Å². The SMILES string of the molecule is Cc1ccc(C(C)C)c(O)c1.O=C(O)c1ccccc1C(=O)O. The number of benzene rings is 2. The molecule has 0 bridgehead atoms. The monoisotopic (exact) mass is 316 g/mol. The average Bonchev–Trinajstić information content (AvgIpc) is 2.47. The first-order valence-electron chi connectivity index (χ1n) is 7.09. The van der Waals surface area contributed by atoms with Crippen LogP contribution in [0, 0.1) is 6.92 Å². The molecule has 0 aromatic heterocycles. The second kappa shape index (κ2) is 7.98. The maximum Gasteiger partial charge on any atom is 0.336 e. The lowest BCUT2D eigenvalue weighted by atomic mass is 10.0. The van der Waals surface area contributed by atoms with Gasteiger partial charge in [-0.25, -0.2) is 9.59 Å². The molecule has 23 heavy (non-hydrogen) atoms. The quantitative estimate of drug-likeness (QED) is 0.798. The van der Waals surface area contributed by atoms with Gasteiger partial charge in [0.15, 0.2) is 0 Å². The van der Waals surface area contributed by atoms with Gasteiger partial charge in [0.05, 0.1) is 11.1 Å². The zero-order valence-electron chi connectivity index (χ0n) is 13.3. The number of aryl methyl sites for hydroxylation is 1. The molecule has 0 radical (unpaired) electrons. The number of hydrogen-bond acceptors (Lipinski definition) is 3. The van der Waals surface area contributed by atoms with E-state index in [1.165, 1.54) is 24.3 Å². The average molecular weight is 316 g/mol. The number of phenols is 1. The molecule has 0 saturated heterocycles. The first kappa shape index (κ1) is 18.2. The normalized spacial score (nSPS) is 9.91. The van der Waals surface area contributed by atoms with Gasteiger partial charge in [0.1, 0.15) is 5.75 Å². The second-order valence-corrected chi connectivity index (χ2v) is 5.37. The molecule has 0 heterocycles. The highest BCUT2D eigenvalue weighted by Gasteiger charge is 2.13. The van der Waals surface area contributed by atoms with Crippen LogP contribution in [0.3, 0.4) is 0 Å². The van der Waals surface area contributed by atoms with Crippen molar-refractivity contribution in [2.75, 3.05) is 0 Å². The number of carboxylic acid groups (broad SMARTS) is 2. The van der Waals surface area contributed by atoms with Gasteiger partial charge in [-0.2, -0.15) is 0 Å². The van der Waals surface area contributed by atoms with Crippen LogP contribution in [0.25, 0.3) is 0 Å². The van der Waals surface area contributed by atoms with Gasteiger partial charge in [0.25, 0.3) is 0 Å². The molecule has 122 valence electrons. The van der Waals surface area contributed by atoms with E-state index in [0.717, 1.165) is 11.1 Å². The maximum atomic E-state index is 10.5. The Bertz CT molecular complexity index is 671. The summed E-state index contributed by atoms with van der Waals surface area (Å²) in [5, 5.41) is 26.6. The van der Waals surface area contributed by atoms with Gasteiger partial charge in [-0.3, -0.25) is 0 Å². The molecule has 3 N–H and O–H groups in total. The molecule has 2 aromatic rings. The molecular weight excluding hydrogens is 296 g/mol. The number of phenolic OH excluding ortho intramolecular Hbond substituents is 1. The number of carboxylic acids is 2. The van der Waals surface area contributed by atoms with Crippen molar-refractivity contribution in [3.8, 4) is 5.75 Å². The minimum atomic E-state index is -1.23. The minimum absolute atomic E-state index is 0.190. The number of aromatic carboxylic acids is 2. The maximum absolute atomic E-state index is 10.5. The van der Waals surface area contributed by atoms with E-state index in [4.69, 9.17) is 10.2 Å². The number of rotatable bonds is 3. The summed E-state index contributed by atoms with van der Waals surface area (Å²) in [5.41, 5.74) is 1.75. The van der Waals surface area contributed by atoms with Gasteiger partial charge < -0.3 is 15.3 Å². The van der Waals surface area contributed by atoms with E-state index >= 15 is 0 Å². The predicted molar refractivity (Wildman–Crippen MR) is 87.3 cm³/mol. The van der Waals surface area contributed by atoms with Gasteiger partial charge in [-0.1, -0.05) is 38.1 Å². The van der Waals surface area contributed by atoms with Gasteiger partial charge in [-0.15, -0.1) is 0 Å². The molecule has 5 nitrogen and oxygen atoms in total. The molecule has 0 saturated carbocycles. The lowest BCUT2D eigenvalue weighted by molar-refractivity contribution is 0.0651. The summed E-state index contributed by atoms with van der Waals surface area (Å²) in [7, 11) is 0. The summed E-state index contributed by atoms with van der Waals surface area (Å²) in [5.74, 6) is -1.64. The van der Waals surface area contributed by atoms with Crippen LogP contribution in [0.5, 0.6) is 5.75 Å². The zero-order chi connectivity index (χ0) is 17.6. The zero-order valence-corrected chi connectivity index (χ0v) is 13.3. The smallest absolute Gasteiger partial charge is 0.336 e. The van der Waals surface area contributed by atoms with E-state index in [2.05, 4.69) is 13.8 Å². The van der Waals surface area contributed by atoms with Crippen molar-refractivity contribution < 1.29 is 24.9 Å². The van der Waals surface area contributed by atoms with E-state index in [1.807, 2.05) is 19.1 Å². The molecule has 0 atom stereocenters. The molecule has 0 aliphatic rings. The number of hydrogen-bond donors (Lipinski definition) is 3. The van der Waals surface area contributed by atoms with Crippen LogP contribution in [0.1, 0.15) is 51.6 Å². The van der Waals surface area contributed by atoms with Gasteiger partial charge in [0, 0.05) is 0 Å². The largest absolute Gasteiger partial charge is 0.508 e. The highest BCUT2D eigenvalue weighted by molar-refractivity contribution is 6.01. The van der Waals surface area contributed by atoms with Crippen LogP contribution in [0.15, 0.2) is 42.5 Å². The Hall–Kier alpha value is -2.82. The van der Waals surface area contributed by atoms with Crippen molar-refractivity contribution in [3.05, 3.63) is 64.7 Å². The van der Waals surface area contributed by atoms with E-state index < -0.39 is 11.9 Å². The Balaban J connectivity index is 0.000000231. The van der Waals surface area contributed by atoms with Crippen LogP contribution >= 0.6 is 0 Å². The molecule has 0 spiro atoms. The Morgan fingerprint density at radius 3 is 1.74 bits per heavy atom. The minimum Gasteiger partial charge on any atom is -0.508 e. The number of aromatic hydroxyl groups is 1. The van der Waals surface area contributed by atoms with Crippen molar-refractivity contribution in [2.24, 2.45) is 0 Å². The van der Waals surface area contributed by atoms with Gasteiger partial charge in [-0.05, 0) is 42.2 Å². The molecule has 0 unspecified atom stereocenters. The molecule has 2 aromatic carbocycles. The highest BCUT2D eigenvalue weighted by Crippen LogP contribution is 2.25. The first-order valence-corrected chi connectivity index (χ1v) is 7.09. The van der Waals surface area contributed by atoms with Crippen LogP contribution in [0.4, 0.5) is 0 Å². The van der Waals surface area contributed by atoms with E-state index in [-0.39, 0.29) is 11.1 Å². The Kier molecular flexibility index (Phi) is 6.33. The fourth-order valence-corrected chi connectivity index (χ4v) is 2.00. The lowest BCUT2D eigenvalue weighted by Crippen LogP contribution is -2.06. The molecule has 2 rings (SSSR count). The summed E-state index contributed by atoms with van der Waals surface area (Å²) in [4.78, 5) is 20.9. The van der Waals surface area contributed by atoms with Gasteiger partial charge in [0.2, 0.25) is 0 Å². The Morgan fingerprint density at radius 2 is 1.39 bits per heavy atom. The molecule has 0 aliphatic heterocycles. The fraction of sp³-hybridized carbons (Fsp3) is 0.222. The number of carbonyl (C=O) groups is 2. The van der Waals surface area contributed by atoms with Crippen molar-refractivity contribution in [2.45, 2.75) is 26.7 Å². The van der Waals surface area contributed by atoms with Crippen LogP contribution < -0.4 is 0 Å². The highest BCUT2D eigenvalue weighted by atomic mass is 16.4. The van der Waals surface area contributed by atoms with Gasteiger partial charge >= 0.3 is 11.9 Å². The second-order valence-electron chi connectivity index (χ2n) is 5.37. The van der Waals surface area contributed by atoms with Crippen molar-refractivity contribution in [1.82, 2.24) is 0 Å². The molecule has 0 amide bonds. The lowest BCUT2D eigenvalue weighted by Gasteiger charge is -2.07.